The first kappa shape index (κ1) is 101. The minimum Gasteiger partial charge on any atom is -0.340 e. The zero-order chi connectivity index (χ0) is 89.9. The van der Waals surface area contributed by atoms with Gasteiger partial charge in [0.15, 0.2) is 0 Å². The monoisotopic (exact) mass is 2640 g/mol. The molecule has 0 saturated carbocycles. The van der Waals surface area contributed by atoms with Crippen LogP contribution in [0.4, 0.5) is 0 Å². The van der Waals surface area contributed by atoms with E-state index in [4.69, 9.17) is 19.9 Å². The maximum atomic E-state index is 5.05. The number of aromatic nitrogens is 10. The Morgan fingerprint density at radius 2 is 0.639 bits per heavy atom. The van der Waals surface area contributed by atoms with E-state index < -0.39 is 0 Å². The molecule has 10 nitrogen and oxygen atoms in total. The second kappa shape index (κ2) is 39.9. The molecule has 0 aliphatic carbocycles. The van der Waals surface area contributed by atoms with Crippen LogP contribution in [-0.2, 0) is 126 Å². The summed E-state index contributed by atoms with van der Waals surface area (Å²) in [5.74, 6) is 1.31. The number of fused-ring (bicyclic) bond motifs is 32. The van der Waals surface area contributed by atoms with Crippen molar-refractivity contribution in [2.75, 3.05) is 0 Å². The molecule has 0 unspecified atom stereocenters. The third-order valence-corrected chi connectivity index (χ3v) is 24.9. The van der Waals surface area contributed by atoms with Gasteiger partial charge in [0.1, 0.15) is 0 Å². The minimum absolute atomic E-state index is 0. The average molecular weight is 2640 g/mol. The topological polar surface area (TPSA) is 86.5 Å². The molecule has 0 fully saturated rings. The van der Waals surface area contributed by atoms with Crippen molar-refractivity contribution in [2.45, 2.75) is 196 Å². The third kappa shape index (κ3) is 20.1. The van der Waals surface area contributed by atoms with Crippen molar-refractivity contribution in [3.05, 3.63) is 335 Å². The molecule has 10 heterocycles. The summed E-state index contributed by atoms with van der Waals surface area (Å²) in [5.41, 5.74) is 30.9. The van der Waals surface area contributed by atoms with Crippen LogP contribution in [0.3, 0.4) is 0 Å². The first-order valence-electron chi connectivity index (χ1n) is 45.7. The molecule has 5 radical (unpaired) electrons. The molecule has 0 bridgehead atoms. The number of para-hydroxylation sites is 2. The van der Waals surface area contributed by atoms with Crippen LogP contribution in [0.25, 0.3) is 159 Å². The van der Waals surface area contributed by atoms with Crippen LogP contribution >= 0.6 is 0 Å². The molecule has 0 amide bonds. The minimum atomic E-state index is 0. The van der Waals surface area contributed by atoms with Gasteiger partial charge in [-0.2, -0.15) is 0 Å². The largest absolute Gasteiger partial charge is 0.340 e. The van der Waals surface area contributed by atoms with Gasteiger partial charge in [0.05, 0.1) is 45.0 Å². The Balaban J connectivity index is 0.000000143. The predicted octanol–water partition coefficient (Wildman–Crippen LogP) is 31.0. The SMILES string of the molecule is CC(C)(C)Cc1ccc2c(c1)c1ccc[c-]c1c1nc3ccc(CC(C)(C)C)cc3n21.CC(C)c1cc(C(C)C)c(-c2cnc3c4[c-]cccc4c4cc(CC(C)(C)C)ccc4n23)c(C(C)C)c1.Cc1cn2c3ccc(CC(C)(C)C)cc3c3ccc[c-]c3c2n1.Cc1cn2c3ccccc3c3ccc[c-]c3c2n1.Cc1nc2c3[c-]cccc3c3ccccc3n2c1C.[Ir].[Ir].[Ir].[Ir].[Ir]. The van der Waals surface area contributed by atoms with E-state index in [1.807, 2.05) is 56.3 Å². The number of aryl methyl sites for hydroxylation is 4. The van der Waals surface area contributed by atoms with E-state index in [1.165, 1.54) is 143 Å². The standard InChI is InChI=1S/C35H41N2.C29H31N2.C21H21N2.C17H13N2.C16H11N2.5Ir/c1-21(2)25-17-28(22(3)4)33(29(18-25)23(5)6)32-20-36-34-27-13-11-10-12-26(27)30-16-24(19-35(7,8)9)14-15-31(30)37(32)34;1-28(2,3)17-19-12-14-25-23(15-19)21-9-7-8-10-22(21)27-30-24-13-11-20(18-29(4,5)6)16-26(24)31(25)27;1-14-13-23-19-10-9-15(12-21(2,3)4)11-18(19)16-7-5-6-8-17(16)20(23)22-14;1-11-12(2)19-16-10-6-5-8-14(16)13-7-3-4-9-15(13)17(19)18-11;1-11-10-18-15-9-5-4-7-13(15)12-6-2-3-8-14(12)16(18)17-11;;;;;/h10-12,14-18,20-23H,19H2,1-9H3;7-9,11-16H,17-18H2,1-6H3;5-7,9-11,13H,12H2,1-4H3;3-8,10H,1-2H3;2-7,9-10H,1H3;;;;;/q5*-1;;;;;. The summed E-state index contributed by atoms with van der Waals surface area (Å²) in [4.78, 5) is 24.1. The Morgan fingerprint density at radius 1 is 0.301 bits per heavy atom. The Morgan fingerprint density at radius 3 is 1.07 bits per heavy atom. The van der Waals surface area contributed by atoms with E-state index in [1.54, 1.807) is 0 Å². The van der Waals surface area contributed by atoms with Crippen LogP contribution < -0.4 is 0 Å². The number of pyridine rings is 5. The van der Waals surface area contributed by atoms with Crippen LogP contribution in [0.15, 0.2) is 243 Å². The van der Waals surface area contributed by atoms with E-state index >= 15 is 0 Å². The van der Waals surface area contributed by atoms with Gasteiger partial charge in [0, 0.05) is 175 Å². The smallest absolute Gasteiger partial charge is 0.0774 e. The van der Waals surface area contributed by atoms with Gasteiger partial charge in [-0.15, -0.1) is 148 Å². The molecular formula is C118H117Ir5N10-5. The molecule has 10 aromatic heterocycles. The third-order valence-electron chi connectivity index (χ3n) is 24.9. The Hall–Kier alpha value is -9.80. The maximum Gasteiger partial charge on any atom is 0.0774 e. The van der Waals surface area contributed by atoms with E-state index in [2.05, 4.69) is 396 Å². The summed E-state index contributed by atoms with van der Waals surface area (Å²) < 4.78 is 11.3. The van der Waals surface area contributed by atoms with Crippen LogP contribution in [0.5, 0.6) is 0 Å². The summed E-state index contributed by atoms with van der Waals surface area (Å²) in [7, 11) is 0. The van der Waals surface area contributed by atoms with Gasteiger partial charge in [-0.3, -0.25) is 24.9 Å². The molecule has 15 heteroatoms. The first-order valence-corrected chi connectivity index (χ1v) is 45.7. The zero-order valence-corrected chi connectivity index (χ0v) is 92.3. The number of benzene rings is 12. The predicted molar refractivity (Wildman–Crippen MR) is 542 cm³/mol. The molecule has 12 aromatic carbocycles. The van der Waals surface area contributed by atoms with E-state index in [0.29, 0.717) is 17.8 Å². The van der Waals surface area contributed by atoms with E-state index in [-0.39, 0.29) is 122 Å². The molecule has 0 aliphatic heterocycles. The van der Waals surface area contributed by atoms with E-state index in [9.17, 15) is 0 Å². The Kier molecular flexibility index (Phi) is 30.2. The van der Waals surface area contributed by atoms with Crippen molar-refractivity contribution in [2.24, 2.45) is 21.7 Å². The molecular weight excluding hydrogens is 2520 g/mol. The summed E-state index contributed by atoms with van der Waals surface area (Å²) >= 11 is 0. The van der Waals surface area contributed by atoms with Gasteiger partial charge in [0.25, 0.3) is 0 Å². The molecule has 133 heavy (non-hydrogen) atoms. The molecule has 0 N–H and O–H groups in total. The average Bonchev–Trinajstić information content (AvgIpc) is 1.56. The summed E-state index contributed by atoms with van der Waals surface area (Å²) in [6.07, 6.45) is 10.5. The second-order valence-corrected chi connectivity index (χ2v) is 41.4. The van der Waals surface area contributed by atoms with Crippen LogP contribution in [0, 0.1) is 79.7 Å². The fraction of sp³-hybridized carbons (Fsp3) is 0.280. The summed E-state index contributed by atoms with van der Waals surface area (Å²) in [6, 6.07) is 97.5. The van der Waals surface area contributed by atoms with Crippen molar-refractivity contribution in [3.8, 4) is 11.3 Å². The fourth-order valence-corrected chi connectivity index (χ4v) is 19.4. The van der Waals surface area contributed by atoms with E-state index in [0.717, 1.165) is 103 Å². The van der Waals surface area contributed by atoms with Crippen molar-refractivity contribution in [3.63, 3.8) is 0 Å². The molecule has 22 rings (SSSR count). The van der Waals surface area contributed by atoms with Gasteiger partial charge in [0.2, 0.25) is 0 Å². The molecule has 0 spiro atoms. The van der Waals surface area contributed by atoms with Crippen molar-refractivity contribution in [1.29, 1.82) is 0 Å². The van der Waals surface area contributed by atoms with Gasteiger partial charge >= 0.3 is 0 Å². The summed E-state index contributed by atoms with van der Waals surface area (Å²) in [5, 5.41) is 17.9. The quantitative estimate of drug-likeness (QED) is 0.112. The Bertz CT molecular complexity index is 8010. The number of hydrogen-bond donors (Lipinski definition) is 0. The molecule has 22 aromatic rings. The number of nitrogens with zero attached hydrogens (tertiary/aromatic N) is 10. The number of rotatable bonds is 8. The van der Waals surface area contributed by atoms with Crippen molar-refractivity contribution in [1.82, 2.24) is 46.9 Å². The molecule has 0 saturated heterocycles. The van der Waals surface area contributed by atoms with Crippen LogP contribution in [-0.4, -0.2) is 46.9 Å². The molecule has 689 valence electrons. The number of hydrogen-bond acceptors (Lipinski definition) is 5. The first-order chi connectivity index (χ1) is 61.1. The number of imidazole rings is 5. The van der Waals surface area contributed by atoms with Crippen molar-refractivity contribution >= 4 is 148 Å². The molecule has 0 aliphatic rings. The second-order valence-electron chi connectivity index (χ2n) is 41.4. The Labute approximate surface area is 850 Å². The van der Waals surface area contributed by atoms with Gasteiger partial charge in [-0.1, -0.05) is 243 Å². The maximum absolute atomic E-state index is 5.05. The van der Waals surface area contributed by atoms with Gasteiger partial charge < -0.3 is 22.0 Å². The van der Waals surface area contributed by atoms with Crippen molar-refractivity contribution < 1.29 is 101 Å². The fourth-order valence-electron chi connectivity index (χ4n) is 19.4. The van der Waals surface area contributed by atoms with Crippen LogP contribution in [0.1, 0.15) is 204 Å². The van der Waals surface area contributed by atoms with Gasteiger partial charge in [-0.05, 0) is 201 Å². The van der Waals surface area contributed by atoms with Gasteiger partial charge in [-0.25, -0.2) is 0 Å². The molecule has 0 atom stereocenters. The van der Waals surface area contributed by atoms with Crippen LogP contribution in [0.2, 0.25) is 0 Å². The zero-order valence-electron chi connectivity index (χ0n) is 80.3. The normalized spacial score (nSPS) is 12.0. The summed E-state index contributed by atoms with van der Waals surface area (Å²) in [6.45, 7) is 49.6.